The van der Waals surface area contributed by atoms with Gasteiger partial charge < -0.3 is 5.73 Å². The monoisotopic (exact) mass is 370 g/mol. The number of nitrogens with zero attached hydrogens (tertiary/aromatic N) is 3. The van der Waals surface area contributed by atoms with Gasteiger partial charge in [0, 0.05) is 0 Å². The number of nitro groups is 2. The SMILES string of the molecule is NC(=O)N1C=C([N+](=O)[O-])C=C([N+](=O)[O-])C1(C(S)S)C(S)S. The van der Waals surface area contributed by atoms with Crippen LogP contribution in [0.5, 0.6) is 0 Å². The zero-order valence-corrected chi connectivity index (χ0v) is 13.6. The predicted molar refractivity (Wildman–Crippen MR) is 87.8 cm³/mol. The molecule has 0 saturated carbocycles. The van der Waals surface area contributed by atoms with Crippen molar-refractivity contribution in [3.05, 3.63) is 43.9 Å². The summed E-state index contributed by atoms with van der Waals surface area (Å²) in [4.78, 5) is 32.6. The summed E-state index contributed by atoms with van der Waals surface area (Å²) in [6, 6.07) is -1.16. The first-order valence-electron chi connectivity index (χ1n) is 5.10. The first-order valence-corrected chi connectivity index (χ1v) is 7.17. The Hall–Kier alpha value is -1.05. The number of urea groups is 1. The van der Waals surface area contributed by atoms with E-state index in [-0.39, 0.29) is 0 Å². The number of thiol groups is 4. The van der Waals surface area contributed by atoms with Crippen molar-refractivity contribution in [3.8, 4) is 0 Å². The van der Waals surface area contributed by atoms with E-state index in [4.69, 9.17) is 5.73 Å². The molecule has 13 heteroatoms. The Kier molecular flexibility index (Phi) is 5.46. The van der Waals surface area contributed by atoms with E-state index >= 15 is 0 Å². The van der Waals surface area contributed by atoms with Gasteiger partial charge in [0.1, 0.15) is 0 Å². The summed E-state index contributed by atoms with van der Waals surface area (Å²) in [5.74, 6) is 0. The van der Waals surface area contributed by atoms with Crippen LogP contribution in [0.3, 0.4) is 0 Å². The van der Waals surface area contributed by atoms with Gasteiger partial charge in [-0.05, 0) is 0 Å². The highest BCUT2D eigenvalue weighted by Gasteiger charge is 2.59. The third-order valence-corrected chi connectivity index (χ3v) is 4.36. The van der Waals surface area contributed by atoms with Gasteiger partial charge in [-0.15, -0.1) is 0 Å². The number of primary amides is 1. The number of carbonyl (C=O) groups is 1. The summed E-state index contributed by atoms with van der Waals surface area (Å²) in [6.07, 6.45) is 1.48. The van der Waals surface area contributed by atoms with E-state index in [2.05, 4.69) is 50.5 Å². The second-order valence-corrected chi connectivity index (χ2v) is 6.76. The van der Waals surface area contributed by atoms with Gasteiger partial charge >= 0.3 is 6.03 Å². The van der Waals surface area contributed by atoms with E-state index in [0.29, 0.717) is 11.0 Å². The molecule has 2 amide bonds. The van der Waals surface area contributed by atoms with E-state index in [1.165, 1.54) is 0 Å². The van der Waals surface area contributed by atoms with Crippen molar-refractivity contribution < 1.29 is 14.6 Å². The Labute approximate surface area is 140 Å². The first kappa shape index (κ1) is 18.0. The minimum Gasteiger partial charge on any atom is -0.351 e. The largest absolute Gasteiger partial charge is 0.351 e. The molecule has 0 aromatic heterocycles. The number of hydrogen-bond acceptors (Lipinski definition) is 9. The van der Waals surface area contributed by atoms with Crippen molar-refractivity contribution in [2.45, 2.75) is 14.7 Å². The molecule has 0 saturated heterocycles. The fraction of sp³-hybridized carbons (Fsp3) is 0.375. The van der Waals surface area contributed by atoms with Crippen LogP contribution in [0.25, 0.3) is 0 Å². The van der Waals surface area contributed by atoms with Crippen LogP contribution in [-0.2, 0) is 0 Å². The van der Waals surface area contributed by atoms with Gasteiger partial charge in [-0.25, -0.2) is 4.79 Å². The number of rotatable bonds is 4. The van der Waals surface area contributed by atoms with Gasteiger partial charge in [0.25, 0.3) is 11.4 Å². The molecule has 1 aliphatic rings. The van der Waals surface area contributed by atoms with Crippen molar-refractivity contribution >= 4 is 56.5 Å². The highest BCUT2D eigenvalue weighted by molar-refractivity contribution is 8.01. The lowest BCUT2D eigenvalue weighted by Gasteiger charge is -2.43. The van der Waals surface area contributed by atoms with Gasteiger partial charge in [0.05, 0.1) is 31.3 Å². The van der Waals surface area contributed by atoms with E-state index in [1.807, 2.05) is 0 Å². The molecule has 116 valence electrons. The Morgan fingerprint density at radius 1 is 1.19 bits per heavy atom. The van der Waals surface area contributed by atoms with Crippen LogP contribution in [0.1, 0.15) is 0 Å². The molecule has 0 aliphatic carbocycles. The first-order chi connectivity index (χ1) is 9.56. The van der Waals surface area contributed by atoms with Crippen LogP contribution in [-0.4, -0.2) is 35.5 Å². The maximum absolute atomic E-state index is 11.6. The standard InChI is InChI=1S/C8H10N4O5S4/c9-7(13)10-2-3(11(14)15)1-4(12(16)17)8(10,5(18)19)6(20)21/h1-2,5-6,18-21H,(H2,9,13). The summed E-state index contributed by atoms with van der Waals surface area (Å²) < 4.78 is -2.27. The lowest BCUT2D eigenvalue weighted by atomic mass is 9.93. The van der Waals surface area contributed by atoms with Crippen LogP contribution in [0, 0.1) is 20.2 Å². The lowest BCUT2D eigenvalue weighted by Crippen LogP contribution is -2.63. The molecule has 0 fully saturated rings. The number of carbonyl (C=O) groups excluding carboxylic acids is 1. The van der Waals surface area contributed by atoms with E-state index < -0.39 is 42.0 Å². The average Bonchev–Trinajstić information content (AvgIpc) is 2.35. The zero-order chi connectivity index (χ0) is 16.5. The summed E-state index contributed by atoms with van der Waals surface area (Å²) >= 11 is 16.1. The van der Waals surface area contributed by atoms with Crippen LogP contribution < -0.4 is 5.73 Å². The molecular formula is C8H10N4O5S4. The van der Waals surface area contributed by atoms with E-state index in [9.17, 15) is 25.0 Å². The number of allylic oxidation sites excluding steroid dienone is 1. The predicted octanol–water partition coefficient (Wildman–Crippen LogP) is 0.770. The zero-order valence-electron chi connectivity index (χ0n) is 10.1. The molecule has 0 spiro atoms. The Balaban J connectivity index is 3.72. The fourth-order valence-electron chi connectivity index (χ4n) is 1.85. The molecule has 0 aromatic rings. The van der Waals surface area contributed by atoms with Gasteiger partial charge in [0.2, 0.25) is 0 Å². The fourth-order valence-corrected chi connectivity index (χ4v) is 3.94. The molecule has 2 N–H and O–H groups in total. The van der Waals surface area contributed by atoms with Crippen LogP contribution >= 0.6 is 50.5 Å². The molecule has 21 heavy (non-hydrogen) atoms. The molecule has 0 aromatic carbocycles. The van der Waals surface area contributed by atoms with Gasteiger partial charge in [-0.1, -0.05) is 0 Å². The summed E-state index contributed by atoms with van der Waals surface area (Å²) in [5, 5.41) is 22.1. The van der Waals surface area contributed by atoms with E-state index in [0.717, 1.165) is 6.20 Å². The topological polar surface area (TPSA) is 133 Å². The number of hydrogen-bond donors (Lipinski definition) is 5. The van der Waals surface area contributed by atoms with Crippen molar-refractivity contribution in [2.24, 2.45) is 5.73 Å². The normalized spacial score (nSPS) is 17.5. The lowest BCUT2D eigenvalue weighted by molar-refractivity contribution is -0.447. The van der Waals surface area contributed by atoms with Gasteiger partial charge in [-0.2, -0.15) is 50.5 Å². The van der Waals surface area contributed by atoms with Crippen molar-refractivity contribution in [3.63, 3.8) is 0 Å². The maximum atomic E-state index is 11.6. The van der Waals surface area contributed by atoms with Crippen LogP contribution in [0.2, 0.25) is 0 Å². The molecular weight excluding hydrogens is 360 g/mol. The molecule has 0 unspecified atom stereocenters. The van der Waals surface area contributed by atoms with Crippen LogP contribution in [0.4, 0.5) is 4.79 Å². The highest BCUT2D eigenvalue weighted by atomic mass is 32.2. The van der Waals surface area contributed by atoms with Crippen molar-refractivity contribution in [1.82, 2.24) is 4.90 Å². The van der Waals surface area contributed by atoms with Gasteiger partial charge in [0.15, 0.2) is 5.54 Å². The average molecular weight is 370 g/mol. The summed E-state index contributed by atoms with van der Waals surface area (Å²) in [7, 11) is 0. The smallest absolute Gasteiger partial charge is 0.320 e. The van der Waals surface area contributed by atoms with Crippen molar-refractivity contribution in [1.29, 1.82) is 0 Å². The quantitative estimate of drug-likeness (QED) is 0.216. The second-order valence-electron chi connectivity index (χ2n) is 3.88. The van der Waals surface area contributed by atoms with Gasteiger partial charge in [-0.3, -0.25) is 25.1 Å². The Morgan fingerprint density at radius 2 is 1.67 bits per heavy atom. The minimum atomic E-state index is -1.88. The molecule has 0 radical (unpaired) electrons. The Bertz CT molecular complexity index is 553. The third-order valence-electron chi connectivity index (χ3n) is 2.79. The minimum absolute atomic E-state index is 0.610. The molecule has 1 rings (SSSR count). The molecule has 0 bridgehead atoms. The second kappa shape index (κ2) is 6.37. The maximum Gasteiger partial charge on any atom is 0.320 e. The summed E-state index contributed by atoms with van der Waals surface area (Å²) in [5.41, 5.74) is 1.91. The molecule has 0 atom stereocenters. The third kappa shape index (κ3) is 2.95. The highest BCUT2D eigenvalue weighted by Crippen LogP contribution is 2.44. The molecule has 1 aliphatic heterocycles. The van der Waals surface area contributed by atoms with E-state index in [1.54, 1.807) is 0 Å². The van der Waals surface area contributed by atoms with Crippen molar-refractivity contribution in [2.75, 3.05) is 0 Å². The number of amides is 2. The molecule has 1 heterocycles. The Morgan fingerprint density at radius 3 is 1.95 bits per heavy atom. The summed E-state index contributed by atoms with van der Waals surface area (Å²) in [6.45, 7) is 0. The number of nitrogens with two attached hydrogens (primary N) is 1. The van der Waals surface area contributed by atoms with Crippen LogP contribution in [0.15, 0.2) is 23.7 Å². The molecule has 9 nitrogen and oxygen atoms in total.